The van der Waals surface area contributed by atoms with Crippen molar-refractivity contribution in [1.29, 1.82) is 0 Å². The second-order valence-electron chi connectivity index (χ2n) is 5.74. The highest BCUT2D eigenvalue weighted by Crippen LogP contribution is 2.26. The molecule has 1 heterocycles. The Labute approximate surface area is 120 Å². The molecule has 4 heteroatoms. The Bertz CT molecular complexity index is 596. The molecule has 1 aromatic carbocycles. The van der Waals surface area contributed by atoms with Crippen LogP contribution in [-0.2, 0) is 0 Å². The molecule has 1 unspecified atom stereocenters. The summed E-state index contributed by atoms with van der Waals surface area (Å²) in [5, 5.41) is 14.0. The lowest BCUT2D eigenvalue weighted by atomic mass is 10.0. The smallest absolute Gasteiger partial charge is 0.0727 e. The maximum atomic E-state index is 9.53. The fraction of sp³-hybridized carbons (Fsp3) is 0.438. The summed E-state index contributed by atoms with van der Waals surface area (Å²) in [7, 11) is 0. The third-order valence-electron chi connectivity index (χ3n) is 3.30. The average molecular weight is 273 g/mol. The van der Waals surface area contributed by atoms with Crippen molar-refractivity contribution < 1.29 is 5.11 Å². The van der Waals surface area contributed by atoms with Gasteiger partial charge in [-0.2, -0.15) is 0 Å². The van der Waals surface area contributed by atoms with Crippen LogP contribution in [0.25, 0.3) is 10.9 Å². The molecule has 1 aromatic heterocycles. The molecule has 0 aliphatic heterocycles. The minimum Gasteiger partial charge on any atom is -0.399 e. The number of nitrogens with two attached hydrogens (primary N) is 1. The van der Waals surface area contributed by atoms with E-state index in [-0.39, 0.29) is 12.6 Å². The summed E-state index contributed by atoms with van der Waals surface area (Å²) in [6, 6.07) is 7.76. The van der Waals surface area contributed by atoms with Crippen molar-refractivity contribution in [2.24, 2.45) is 5.92 Å². The zero-order valence-electron chi connectivity index (χ0n) is 12.4. The highest BCUT2D eigenvalue weighted by molar-refractivity contribution is 5.93. The number of aryl methyl sites for hydroxylation is 1. The van der Waals surface area contributed by atoms with E-state index >= 15 is 0 Å². The summed E-state index contributed by atoms with van der Waals surface area (Å²) in [6.07, 6.45) is 0.918. The van der Waals surface area contributed by atoms with Gasteiger partial charge in [0.25, 0.3) is 0 Å². The fourth-order valence-electron chi connectivity index (χ4n) is 2.46. The van der Waals surface area contributed by atoms with Crippen molar-refractivity contribution in [2.75, 3.05) is 17.7 Å². The molecule has 0 radical (unpaired) electrons. The number of nitrogens with one attached hydrogen (secondary N) is 1. The van der Waals surface area contributed by atoms with E-state index in [1.807, 2.05) is 31.2 Å². The van der Waals surface area contributed by atoms with Crippen LogP contribution in [0.15, 0.2) is 24.3 Å². The number of nitrogen functional groups attached to an aromatic ring is 1. The van der Waals surface area contributed by atoms with Gasteiger partial charge in [-0.05, 0) is 43.5 Å². The molecule has 4 nitrogen and oxygen atoms in total. The summed E-state index contributed by atoms with van der Waals surface area (Å²) in [5.41, 5.74) is 9.44. The van der Waals surface area contributed by atoms with Crippen molar-refractivity contribution in [3.63, 3.8) is 0 Å². The van der Waals surface area contributed by atoms with E-state index in [1.54, 1.807) is 0 Å². The highest BCUT2D eigenvalue weighted by atomic mass is 16.3. The quantitative estimate of drug-likeness (QED) is 0.732. The van der Waals surface area contributed by atoms with E-state index in [1.165, 1.54) is 0 Å². The number of pyridine rings is 1. The fourth-order valence-corrected chi connectivity index (χ4v) is 2.46. The molecule has 0 fully saturated rings. The average Bonchev–Trinajstić information content (AvgIpc) is 2.38. The molecule has 0 spiro atoms. The van der Waals surface area contributed by atoms with Crippen LogP contribution >= 0.6 is 0 Å². The zero-order valence-corrected chi connectivity index (χ0v) is 12.4. The maximum Gasteiger partial charge on any atom is 0.0727 e. The molecule has 20 heavy (non-hydrogen) atoms. The van der Waals surface area contributed by atoms with E-state index in [2.05, 4.69) is 24.1 Å². The lowest BCUT2D eigenvalue weighted by molar-refractivity contribution is 0.259. The Balaban J connectivity index is 2.39. The summed E-state index contributed by atoms with van der Waals surface area (Å²) in [6.45, 7) is 6.39. The van der Waals surface area contributed by atoms with Crippen molar-refractivity contribution in [1.82, 2.24) is 4.98 Å². The van der Waals surface area contributed by atoms with Crippen LogP contribution < -0.4 is 11.1 Å². The van der Waals surface area contributed by atoms with Gasteiger partial charge in [-0.3, -0.25) is 4.98 Å². The number of anilines is 2. The first-order valence-corrected chi connectivity index (χ1v) is 7.04. The number of hydrogen-bond acceptors (Lipinski definition) is 4. The van der Waals surface area contributed by atoms with Gasteiger partial charge < -0.3 is 16.2 Å². The van der Waals surface area contributed by atoms with Gasteiger partial charge in [0, 0.05) is 28.5 Å². The van der Waals surface area contributed by atoms with Crippen LogP contribution in [0.3, 0.4) is 0 Å². The van der Waals surface area contributed by atoms with Gasteiger partial charge in [-0.25, -0.2) is 0 Å². The maximum absolute atomic E-state index is 9.53. The first kappa shape index (κ1) is 14.6. The Hall–Kier alpha value is -1.81. The minimum absolute atomic E-state index is 0.0430. The van der Waals surface area contributed by atoms with E-state index in [0.29, 0.717) is 5.92 Å². The van der Waals surface area contributed by atoms with Crippen molar-refractivity contribution >= 4 is 22.3 Å². The third-order valence-corrected chi connectivity index (χ3v) is 3.30. The third kappa shape index (κ3) is 3.39. The van der Waals surface area contributed by atoms with Crippen molar-refractivity contribution in [2.45, 2.75) is 33.2 Å². The van der Waals surface area contributed by atoms with Gasteiger partial charge in [-0.1, -0.05) is 13.8 Å². The first-order chi connectivity index (χ1) is 9.49. The van der Waals surface area contributed by atoms with Crippen LogP contribution in [0, 0.1) is 12.8 Å². The van der Waals surface area contributed by atoms with E-state index in [9.17, 15) is 5.11 Å². The Morgan fingerprint density at radius 2 is 2.05 bits per heavy atom. The number of aromatic nitrogens is 1. The SMILES string of the molecule is Cc1cc(NC(CO)CC(C)C)c2cc(N)ccc2n1. The normalized spacial score (nSPS) is 12.8. The molecular formula is C16H23N3O. The molecule has 108 valence electrons. The van der Waals surface area contributed by atoms with Crippen LogP contribution in [0.1, 0.15) is 26.0 Å². The van der Waals surface area contributed by atoms with Gasteiger partial charge in [0.1, 0.15) is 0 Å². The molecule has 4 N–H and O–H groups in total. The zero-order chi connectivity index (χ0) is 14.7. The van der Waals surface area contributed by atoms with E-state index < -0.39 is 0 Å². The summed E-state index contributed by atoms with van der Waals surface area (Å²) in [5.74, 6) is 0.527. The lowest BCUT2D eigenvalue weighted by Gasteiger charge is -2.21. The summed E-state index contributed by atoms with van der Waals surface area (Å²) >= 11 is 0. The number of benzene rings is 1. The van der Waals surface area contributed by atoms with Crippen LogP contribution in [0.2, 0.25) is 0 Å². The molecule has 0 bridgehead atoms. The van der Waals surface area contributed by atoms with Crippen molar-refractivity contribution in [3.8, 4) is 0 Å². The van der Waals surface area contributed by atoms with E-state index in [4.69, 9.17) is 5.73 Å². The first-order valence-electron chi connectivity index (χ1n) is 7.04. The number of aliphatic hydroxyl groups excluding tert-OH is 1. The van der Waals surface area contributed by atoms with Crippen LogP contribution in [-0.4, -0.2) is 22.7 Å². The van der Waals surface area contributed by atoms with Crippen LogP contribution in [0.5, 0.6) is 0 Å². The van der Waals surface area contributed by atoms with Gasteiger partial charge >= 0.3 is 0 Å². The molecule has 0 amide bonds. The molecule has 2 rings (SSSR count). The highest BCUT2D eigenvalue weighted by Gasteiger charge is 2.12. The van der Waals surface area contributed by atoms with Crippen molar-refractivity contribution in [3.05, 3.63) is 30.0 Å². The minimum atomic E-state index is 0.0430. The number of aliphatic hydroxyl groups is 1. The molecular weight excluding hydrogens is 250 g/mol. The Morgan fingerprint density at radius 3 is 2.70 bits per heavy atom. The Morgan fingerprint density at radius 1 is 1.30 bits per heavy atom. The summed E-state index contributed by atoms with van der Waals surface area (Å²) in [4.78, 5) is 4.51. The number of fused-ring (bicyclic) bond motifs is 1. The van der Waals surface area contributed by atoms with E-state index in [0.717, 1.165) is 34.4 Å². The van der Waals surface area contributed by atoms with Gasteiger partial charge in [-0.15, -0.1) is 0 Å². The molecule has 0 saturated heterocycles. The molecule has 0 saturated carbocycles. The largest absolute Gasteiger partial charge is 0.399 e. The predicted molar refractivity (Wildman–Crippen MR) is 84.8 cm³/mol. The monoisotopic (exact) mass is 273 g/mol. The molecule has 1 atom stereocenters. The topological polar surface area (TPSA) is 71.2 Å². The summed E-state index contributed by atoms with van der Waals surface area (Å²) < 4.78 is 0. The molecule has 0 aliphatic carbocycles. The molecule has 2 aromatic rings. The Kier molecular flexibility index (Phi) is 4.45. The molecule has 0 aliphatic rings. The number of rotatable bonds is 5. The lowest BCUT2D eigenvalue weighted by Crippen LogP contribution is -2.25. The van der Waals surface area contributed by atoms with Gasteiger partial charge in [0.15, 0.2) is 0 Å². The van der Waals surface area contributed by atoms with Gasteiger partial charge in [0.2, 0.25) is 0 Å². The second kappa shape index (κ2) is 6.09. The standard InChI is InChI=1S/C16H23N3O/c1-10(2)6-13(9-20)19-16-7-11(3)18-15-5-4-12(17)8-14(15)16/h4-5,7-8,10,13,20H,6,9,17H2,1-3H3,(H,18,19). The second-order valence-corrected chi connectivity index (χ2v) is 5.74. The number of hydrogen-bond donors (Lipinski definition) is 3. The predicted octanol–water partition coefficient (Wildman–Crippen LogP) is 2.94. The van der Waals surface area contributed by atoms with Crippen LogP contribution in [0.4, 0.5) is 11.4 Å². The van der Waals surface area contributed by atoms with Gasteiger partial charge in [0.05, 0.1) is 12.1 Å². The number of nitrogens with zero attached hydrogens (tertiary/aromatic N) is 1.